The van der Waals surface area contributed by atoms with Gasteiger partial charge in [-0.05, 0) is 98.8 Å². The molecule has 0 unspecified atom stereocenters. The molecule has 0 radical (unpaired) electrons. The van der Waals surface area contributed by atoms with Gasteiger partial charge < -0.3 is 8.98 Å². The largest absolute Gasteiger partial charge is 0.456 e. The molecule has 4 nitrogen and oxygen atoms in total. The van der Waals surface area contributed by atoms with E-state index in [1.807, 2.05) is 24.3 Å². The van der Waals surface area contributed by atoms with Crippen LogP contribution in [0.1, 0.15) is 0 Å². The Bertz CT molecular complexity index is 3840. The number of para-hydroxylation sites is 1. The molecule has 13 aromatic rings. The van der Waals surface area contributed by atoms with Gasteiger partial charge in [-0.3, -0.25) is 0 Å². The molecule has 10 aromatic carbocycles. The lowest BCUT2D eigenvalue weighted by Gasteiger charge is -2.11. The van der Waals surface area contributed by atoms with Gasteiger partial charge in [-0.15, -0.1) is 0 Å². The molecule has 0 bridgehead atoms. The van der Waals surface area contributed by atoms with Gasteiger partial charge in [-0.1, -0.05) is 182 Å². The van der Waals surface area contributed by atoms with E-state index < -0.39 is 0 Å². The summed E-state index contributed by atoms with van der Waals surface area (Å²) in [5, 5.41) is 7.00. The summed E-state index contributed by atoms with van der Waals surface area (Å²) in [6, 6.07) is 83.9. The van der Waals surface area contributed by atoms with Gasteiger partial charge in [0.05, 0.1) is 22.4 Å². The van der Waals surface area contributed by atoms with E-state index >= 15 is 0 Å². The van der Waals surface area contributed by atoms with Gasteiger partial charge in [-0.2, -0.15) is 0 Å². The van der Waals surface area contributed by atoms with Crippen LogP contribution in [0.25, 0.3) is 127 Å². The van der Waals surface area contributed by atoms with Crippen LogP contribution in [0.4, 0.5) is 0 Å². The Balaban J connectivity index is 0.892. The Labute approximate surface area is 381 Å². The fourth-order valence-corrected chi connectivity index (χ4v) is 9.72. The van der Waals surface area contributed by atoms with E-state index in [0.29, 0.717) is 5.82 Å². The lowest BCUT2D eigenvalue weighted by Crippen LogP contribution is -1.96. The normalized spacial score (nSPS) is 11.6. The SMILES string of the molecule is c1ccc(-c2ccc(-c3cc(-c4ccc(-c5ccccc5)cc4)nc(-c4cccc5oc6cc(-c7ccc(-n8c9ccccc9c9cc%10ccccc%10cc98)cc7)ccc6c45)n3)cc2)cc1. The zero-order valence-corrected chi connectivity index (χ0v) is 35.8. The van der Waals surface area contributed by atoms with Crippen molar-refractivity contribution in [1.82, 2.24) is 14.5 Å². The molecule has 0 saturated heterocycles. The van der Waals surface area contributed by atoms with Crippen molar-refractivity contribution in [3.63, 3.8) is 0 Å². The van der Waals surface area contributed by atoms with E-state index in [1.165, 1.54) is 43.7 Å². The van der Waals surface area contributed by atoms with E-state index in [9.17, 15) is 0 Å². The van der Waals surface area contributed by atoms with Crippen molar-refractivity contribution < 1.29 is 4.42 Å². The number of hydrogen-bond acceptors (Lipinski definition) is 3. The second-order valence-electron chi connectivity index (χ2n) is 17.0. The Hall–Kier alpha value is -8.86. The highest BCUT2D eigenvalue weighted by Gasteiger charge is 2.19. The number of benzene rings is 10. The van der Waals surface area contributed by atoms with Crippen LogP contribution < -0.4 is 0 Å². The number of aromatic nitrogens is 3. The molecular formula is C62H39N3O. The van der Waals surface area contributed by atoms with Crippen LogP contribution in [-0.4, -0.2) is 14.5 Å². The highest BCUT2D eigenvalue weighted by atomic mass is 16.3. The van der Waals surface area contributed by atoms with Gasteiger partial charge in [0.15, 0.2) is 5.82 Å². The van der Waals surface area contributed by atoms with Gasteiger partial charge >= 0.3 is 0 Å². The molecule has 0 saturated carbocycles. The molecule has 308 valence electrons. The van der Waals surface area contributed by atoms with Gasteiger partial charge in [0.25, 0.3) is 0 Å². The maximum Gasteiger partial charge on any atom is 0.161 e. The molecule has 13 rings (SSSR count). The van der Waals surface area contributed by atoms with Crippen molar-refractivity contribution in [3.05, 3.63) is 237 Å². The summed E-state index contributed by atoms with van der Waals surface area (Å²) in [5.74, 6) is 0.646. The van der Waals surface area contributed by atoms with Crippen LogP contribution in [0.3, 0.4) is 0 Å². The molecule has 4 heteroatoms. The molecule has 0 N–H and O–H groups in total. The van der Waals surface area contributed by atoms with Gasteiger partial charge in [0.2, 0.25) is 0 Å². The standard InChI is InChI=1S/C62H39N3O/c1-3-12-40(13-4-1)42-22-26-45(27-23-42)55-39-56(46-28-24-43(25-29-46)41-14-5-2-6-15-41)64-62(63-55)53-19-11-21-59-61(53)52-35-32-49(38-60(52)66-59)44-30-33-50(34-31-44)65-57-20-10-9-18-51(57)54-36-47-16-7-8-17-48(47)37-58(54)65/h1-39H. The minimum Gasteiger partial charge on any atom is -0.456 e. The first-order chi connectivity index (χ1) is 32.7. The van der Waals surface area contributed by atoms with E-state index in [0.717, 1.165) is 78.0 Å². The predicted molar refractivity (Wildman–Crippen MR) is 274 cm³/mol. The molecular weight excluding hydrogens is 803 g/mol. The summed E-state index contributed by atoms with van der Waals surface area (Å²) < 4.78 is 9.05. The first-order valence-electron chi connectivity index (χ1n) is 22.4. The van der Waals surface area contributed by atoms with Gasteiger partial charge in [0, 0.05) is 43.9 Å². The predicted octanol–water partition coefficient (Wildman–Crippen LogP) is 16.6. The molecule has 0 aliphatic heterocycles. The number of furan rings is 1. The van der Waals surface area contributed by atoms with Crippen molar-refractivity contribution in [2.24, 2.45) is 0 Å². The lowest BCUT2D eigenvalue weighted by molar-refractivity contribution is 0.669. The maximum absolute atomic E-state index is 6.67. The molecule has 0 amide bonds. The van der Waals surface area contributed by atoms with Crippen LogP contribution >= 0.6 is 0 Å². The zero-order chi connectivity index (χ0) is 43.6. The zero-order valence-electron chi connectivity index (χ0n) is 35.8. The lowest BCUT2D eigenvalue weighted by atomic mass is 9.99. The highest BCUT2D eigenvalue weighted by Crippen LogP contribution is 2.40. The number of hydrogen-bond donors (Lipinski definition) is 0. The Kier molecular flexibility index (Phi) is 8.81. The average Bonchev–Trinajstić information content (AvgIpc) is 3.93. The van der Waals surface area contributed by atoms with Crippen molar-refractivity contribution in [3.8, 4) is 73.0 Å². The number of fused-ring (bicyclic) bond motifs is 7. The van der Waals surface area contributed by atoms with Crippen LogP contribution in [0.15, 0.2) is 241 Å². The Morgan fingerprint density at radius 3 is 1.52 bits per heavy atom. The molecule has 0 atom stereocenters. The smallest absolute Gasteiger partial charge is 0.161 e. The maximum atomic E-state index is 6.67. The second kappa shape index (κ2) is 15.4. The topological polar surface area (TPSA) is 43.9 Å². The number of rotatable bonds is 7. The Morgan fingerprint density at radius 2 is 0.848 bits per heavy atom. The third-order valence-electron chi connectivity index (χ3n) is 13.0. The molecule has 0 spiro atoms. The molecule has 66 heavy (non-hydrogen) atoms. The van der Waals surface area contributed by atoms with Crippen molar-refractivity contribution in [2.75, 3.05) is 0 Å². The highest BCUT2D eigenvalue weighted by molar-refractivity contribution is 6.14. The first kappa shape index (κ1) is 37.7. The van der Waals surface area contributed by atoms with Crippen molar-refractivity contribution >= 4 is 54.5 Å². The third kappa shape index (κ3) is 6.46. The fourth-order valence-electron chi connectivity index (χ4n) is 9.72. The summed E-state index contributed by atoms with van der Waals surface area (Å²) in [6.45, 7) is 0. The van der Waals surface area contributed by atoms with Crippen LogP contribution in [0, 0.1) is 0 Å². The quantitative estimate of drug-likeness (QED) is 0.161. The van der Waals surface area contributed by atoms with Gasteiger partial charge in [-0.25, -0.2) is 9.97 Å². The van der Waals surface area contributed by atoms with E-state index in [-0.39, 0.29) is 0 Å². The van der Waals surface area contributed by atoms with E-state index in [1.54, 1.807) is 0 Å². The fraction of sp³-hybridized carbons (Fsp3) is 0. The summed E-state index contributed by atoms with van der Waals surface area (Å²) in [5.41, 5.74) is 16.7. The van der Waals surface area contributed by atoms with Crippen LogP contribution in [0.5, 0.6) is 0 Å². The van der Waals surface area contributed by atoms with E-state index in [4.69, 9.17) is 14.4 Å². The third-order valence-corrected chi connectivity index (χ3v) is 13.0. The van der Waals surface area contributed by atoms with Crippen LogP contribution in [0.2, 0.25) is 0 Å². The molecule has 0 fully saturated rings. The minimum atomic E-state index is 0.646. The minimum absolute atomic E-state index is 0.646. The summed E-state index contributed by atoms with van der Waals surface area (Å²) in [6.07, 6.45) is 0. The summed E-state index contributed by atoms with van der Waals surface area (Å²) in [4.78, 5) is 10.6. The second-order valence-corrected chi connectivity index (χ2v) is 17.0. The Morgan fingerprint density at radius 1 is 0.318 bits per heavy atom. The van der Waals surface area contributed by atoms with Crippen molar-refractivity contribution in [1.29, 1.82) is 0 Å². The van der Waals surface area contributed by atoms with Crippen LogP contribution in [-0.2, 0) is 0 Å². The first-order valence-corrected chi connectivity index (χ1v) is 22.4. The summed E-state index contributed by atoms with van der Waals surface area (Å²) in [7, 11) is 0. The average molecular weight is 842 g/mol. The summed E-state index contributed by atoms with van der Waals surface area (Å²) >= 11 is 0. The van der Waals surface area contributed by atoms with E-state index in [2.05, 4.69) is 217 Å². The molecule has 0 aliphatic rings. The molecule has 3 aromatic heterocycles. The molecule has 3 heterocycles. The number of nitrogens with zero attached hydrogens (tertiary/aromatic N) is 3. The monoisotopic (exact) mass is 841 g/mol. The van der Waals surface area contributed by atoms with Gasteiger partial charge in [0.1, 0.15) is 11.2 Å². The molecule has 0 aliphatic carbocycles. The van der Waals surface area contributed by atoms with Crippen molar-refractivity contribution in [2.45, 2.75) is 0 Å².